The van der Waals surface area contributed by atoms with Crippen LogP contribution in [0.3, 0.4) is 0 Å². The van der Waals surface area contributed by atoms with Gasteiger partial charge in [0.25, 0.3) is 0 Å². The van der Waals surface area contributed by atoms with Crippen LogP contribution in [0.15, 0.2) is 0 Å². The van der Waals surface area contributed by atoms with Crippen LogP contribution in [0.5, 0.6) is 0 Å². The number of halogens is 1. The topological polar surface area (TPSA) is 3.24 Å². The molecule has 1 saturated carbocycles. The minimum atomic E-state index is 0.925. The molecule has 0 atom stereocenters. The fraction of sp³-hybridized carbons (Fsp3) is 1.00. The lowest BCUT2D eigenvalue weighted by molar-refractivity contribution is 0.133. The van der Waals surface area contributed by atoms with E-state index >= 15 is 0 Å². The first kappa shape index (κ1) is 11.5. The molecule has 1 aliphatic rings. The lowest BCUT2D eigenvalue weighted by atomic mass is 9.91. The minimum absolute atomic E-state index is 0.925. The highest BCUT2D eigenvalue weighted by molar-refractivity contribution is 9.09. The molecule has 0 unspecified atom stereocenters. The summed E-state index contributed by atoms with van der Waals surface area (Å²) in [5.74, 6) is 0. The third kappa shape index (κ3) is 3.99. The standard InChI is InChI=1S/C11H22BrN/c1-2-3-4-9-13(10-8-12)11-6-5-7-11/h11H,2-10H2,1H3. The first-order valence-electron chi connectivity index (χ1n) is 5.68. The van der Waals surface area contributed by atoms with Crippen LogP contribution in [0, 0.1) is 0 Å². The molecule has 1 nitrogen and oxygen atoms in total. The normalized spacial score (nSPS) is 17.8. The number of hydrogen-bond acceptors (Lipinski definition) is 1. The molecule has 0 aromatic carbocycles. The van der Waals surface area contributed by atoms with Crippen molar-refractivity contribution in [1.82, 2.24) is 4.90 Å². The van der Waals surface area contributed by atoms with Gasteiger partial charge in [0, 0.05) is 17.9 Å². The summed E-state index contributed by atoms with van der Waals surface area (Å²) in [5, 5.41) is 1.13. The molecule has 2 heteroatoms. The summed E-state index contributed by atoms with van der Waals surface area (Å²) >= 11 is 3.54. The van der Waals surface area contributed by atoms with Crippen LogP contribution in [0.4, 0.5) is 0 Å². The highest BCUT2D eigenvalue weighted by atomic mass is 79.9. The number of alkyl halides is 1. The molecule has 0 heterocycles. The molecule has 78 valence electrons. The number of rotatable bonds is 7. The highest BCUT2D eigenvalue weighted by Crippen LogP contribution is 2.25. The second kappa shape index (κ2) is 6.83. The molecule has 0 spiro atoms. The second-order valence-corrected chi connectivity index (χ2v) is 4.81. The lowest BCUT2D eigenvalue weighted by Gasteiger charge is -2.37. The van der Waals surface area contributed by atoms with Crippen molar-refractivity contribution in [3.05, 3.63) is 0 Å². The van der Waals surface area contributed by atoms with Crippen molar-refractivity contribution in [1.29, 1.82) is 0 Å². The molecular weight excluding hydrogens is 226 g/mol. The SMILES string of the molecule is CCCCCN(CCBr)C1CCC1. The van der Waals surface area contributed by atoms with Gasteiger partial charge in [-0.05, 0) is 25.8 Å². The Morgan fingerprint density at radius 1 is 1.23 bits per heavy atom. The van der Waals surface area contributed by atoms with Crippen LogP contribution in [0.2, 0.25) is 0 Å². The molecule has 0 aromatic heterocycles. The molecule has 1 aliphatic carbocycles. The van der Waals surface area contributed by atoms with E-state index in [0.717, 1.165) is 11.4 Å². The molecule has 0 saturated heterocycles. The van der Waals surface area contributed by atoms with Gasteiger partial charge in [-0.25, -0.2) is 0 Å². The molecule has 0 bridgehead atoms. The largest absolute Gasteiger partial charge is 0.300 e. The Hall–Kier alpha value is 0.440. The molecule has 0 N–H and O–H groups in total. The Morgan fingerprint density at radius 2 is 2.00 bits per heavy atom. The summed E-state index contributed by atoms with van der Waals surface area (Å²) < 4.78 is 0. The summed E-state index contributed by atoms with van der Waals surface area (Å²) in [4.78, 5) is 2.67. The zero-order valence-electron chi connectivity index (χ0n) is 8.77. The van der Waals surface area contributed by atoms with Gasteiger partial charge in [0.05, 0.1) is 0 Å². The maximum absolute atomic E-state index is 3.54. The first-order chi connectivity index (χ1) is 6.38. The van der Waals surface area contributed by atoms with Gasteiger partial charge in [-0.15, -0.1) is 0 Å². The maximum atomic E-state index is 3.54. The minimum Gasteiger partial charge on any atom is -0.300 e. The van der Waals surface area contributed by atoms with Crippen molar-refractivity contribution in [3.63, 3.8) is 0 Å². The van der Waals surface area contributed by atoms with Gasteiger partial charge in [-0.2, -0.15) is 0 Å². The van der Waals surface area contributed by atoms with E-state index < -0.39 is 0 Å². The van der Waals surface area contributed by atoms with Crippen LogP contribution in [-0.4, -0.2) is 29.4 Å². The Labute approximate surface area is 91.0 Å². The Morgan fingerprint density at radius 3 is 2.46 bits per heavy atom. The third-order valence-electron chi connectivity index (χ3n) is 3.01. The Kier molecular flexibility index (Phi) is 6.05. The van der Waals surface area contributed by atoms with E-state index in [1.807, 2.05) is 0 Å². The predicted octanol–water partition coefficient (Wildman–Crippen LogP) is 3.43. The molecule has 0 radical (unpaired) electrons. The summed E-state index contributed by atoms with van der Waals surface area (Å²) in [7, 11) is 0. The number of unbranched alkanes of at least 4 members (excludes halogenated alkanes) is 2. The van der Waals surface area contributed by atoms with Crippen molar-refractivity contribution in [2.75, 3.05) is 18.4 Å². The summed E-state index contributed by atoms with van der Waals surface area (Å²) in [6.45, 7) is 4.84. The van der Waals surface area contributed by atoms with Crippen molar-refractivity contribution in [2.45, 2.75) is 51.5 Å². The van der Waals surface area contributed by atoms with Gasteiger partial charge in [-0.1, -0.05) is 42.1 Å². The van der Waals surface area contributed by atoms with Crippen LogP contribution in [0.25, 0.3) is 0 Å². The molecule has 0 amide bonds. The average molecular weight is 248 g/mol. The van der Waals surface area contributed by atoms with Crippen LogP contribution in [0.1, 0.15) is 45.4 Å². The zero-order chi connectivity index (χ0) is 9.52. The Balaban J connectivity index is 2.12. The van der Waals surface area contributed by atoms with E-state index in [2.05, 4.69) is 27.8 Å². The van der Waals surface area contributed by atoms with Crippen LogP contribution < -0.4 is 0 Å². The van der Waals surface area contributed by atoms with E-state index in [4.69, 9.17) is 0 Å². The fourth-order valence-corrected chi connectivity index (χ4v) is 2.36. The average Bonchev–Trinajstić information content (AvgIpc) is 2.02. The lowest BCUT2D eigenvalue weighted by Crippen LogP contribution is -2.41. The van der Waals surface area contributed by atoms with Crippen molar-refractivity contribution < 1.29 is 0 Å². The van der Waals surface area contributed by atoms with E-state index in [0.29, 0.717) is 0 Å². The number of hydrogen-bond donors (Lipinski definition) is 0. The van der Waals surface area contributed by atoms with E-state index in [9.17, 15) is 0 Å². The summed E-state index contributed by atoms with van der Waals surface area (Å²) in [5.41, 5.74) is 0. The maximum Gasteiger partial charge on any atom is 0.0159 e. The van der Waals surface area contributed by atoms with E-state index in [-0.39, 0.29) is 0 Å². The summed E-state index contributed by atoms with van der Waals surface area (Å²) in [6.07, 6.45) is 8.47. The van der Waals surface area contributed by atoms with Crippen molar-refractivity contribution in [2.24, 2.45) is 0 Å². The molecule has 0 aromatic rings. The molecular formula is C11H22BrN. The van der Waals surface area contributed by atoms with Gasteiger partial charge in [-0.3, -0.25) is 4.90 Å². The van der Waals surface area contributed by atoms with Gasteiger partial charge in [0.2, 0.25) is 0 Å². The zero-order valence-corrected chi connectivity index (χ0v) is 10.4. The fourth-order valence-electron chi connectivity index (χ4n) is 1.90. The Bertz CT molecular complexity index is 123. The van der Waals surface area contributed by atoms with Crippen molar-refractivity contribution >= 4 is 15.9 Å². The first-order valence-corrected chi connectivity index (χ1v) is 6.80. The van der Waals surface area contributed by atoms with Gasteiger partial charge < -0.3 is 0 Å². The smallest absolute Gasteiger partial charge is 0.0159 e. The second-order valence-electron chi connectivity index (χ2n) is 4.02. The quantitative estimate of drug-likeness (QED) is 0.493. The van der Waals surface area contributed by atoms with Crippen LogP contribution >= 0.6 is 15.9 Å². The molecule has 1 fully saturated rings. The van der Waals surface area contributed by atoms with Gasteiger partial charge in [0.1, 0.15) is 0 Å². The van der Waals surface area contributed by atoms with Gasteiger partial charge >= 0.3 is 0 Å². The van der Waals surface area contributed by atoms with E-state index in [1.54, 1.807) is 0 Å². The van der Waals surface area contributed by atoms with Crippen LogP contribution in [-0.2, 0) is 0 Å². The highest BCUT2D eigenvalue weighted by Gasteiger charge is 2.23. The third-order valence-corrected chi connectivity index (χ3v) is 3.37. The monoisotopic (exact) mass is 247 g/mol. The van der Waals surface area contributed by atoms with Gasteiger partial charge in [0.15, 0.2) is 0 Å². The predicted molar refractivity (Wildman–Crippen MR) is 62.5 cm³/mol. The molecule has 13 heavy (non-hydrogen) atoms. The van der Waals surface area contributed by atoms with Crippen molar-refractivity contribution in [3.8, 4) is 0 Å². The van der Waals surface area contributed by atoms with E-state index in [1.165, 1.54) is 51.6 Å². The molecule has 0 aliphatic heterocycles. The number of nitrogens with zero attached hydrogens (tertiary/aromatic N) is 1. The summed E-state index contributed by atoms with van der Waals surface area (Å²) in [6, 6.07) is 0.925. The molecule has 1 rings (SSSR count).